The fourth-order valence-electron chi connectivity index (χ4n) is 6.81. The van der Waals surface area contributed by atoms with Crippen LogP contribution in [0.5, 0.6) is 0 Å². The van der Waals surface area contributed by atoms with E-state index in [-0.39, 0.29) is 6.04 Å². The summed E-state index contributed by atoms with van der Waals surface area (Å²) in [5.74, 6) is 0. The van der Waals surface area contributed by atoms with Crippen LogP contribution in [0.15, 0.2) is 200 Å². The third-order valence-electron chi connectivity index (χ3n) is 9.66. The summed E-state index contributed by atoms with van der Waals surface area (Å²) in [5, 5.41) is 12.9. The van der Waals surface area contributed by atoms with E-state index in [4.69, 9.17) is 10.7 Å². The molecule has 0 bridgehead atoms. The number of hydrogen-bond donors (Lipinski definition) is 2. The van der Waals surface area contributed by atoms with Crippen LogP contribution in [0.1, 0.15) is 22.9 Å². The summed E-state index contributed by atoms with van der Waals surface area (Å²) in [6.07, 6.45) is 16.1. The first-order chi connectivity index (χ1) is 27.6. The minimum absolute atomic E-state index is 0.0952. The number of nitrogens with zero attached hydrogens (tertiary/aromatic N) is 4. The van der Waals surface area contributed by atoms with Gasteiger partial charge in [0.05, 0.1) is 34.5 Å². The molecule has 6 heteroatoms. The van der Waals surface area contributed by atoms with Gasteiger partial charge in [-0.3, -0.25) is 9.97 Å². The Morgan fingerprint density at radius 1 is 0.643 bits per heavy atom. The van der Waals surface area contributed by atoms with Crippen LogP contribution in [0.3, 0.4) is 0 Å². The van der Waals surface area contributed by atoms with Gasteiger partial charge in [0.1, 0.15) is 11.8 Å². The predicted octanol–water partition coefficient (Wildman–Crippen LogP) is 10.9. The normalized spacial score (nSPS) is 13.9. The van der Waals surface area contributed by atoms with Gasteiger partial charge in [-0.25, -0.2) is 4.98 Å². The number of allylic oxidation sites excluding steroid dienone is 6. The second-order valence-electron chi connectivity index (χ2n) is 13.5. The van der Waals surface area contributed by atoms with Crippen LogP contribution in [0.25, 0.3) is 61.7 Å². The number of benzene rings is 4. The van der Waals surface area contributed by atoms with Crippen molar-refractivity contribution in [3.8, 4) is 62.1 Å². The van der Waals surface area contributed by atoms with Crippen molar-refractivity contribution >= 4 is 5.70 Å². The summed E-state index contributed by atoms with van der Waals surface area (Å²) < 4.78 is 0. The van der Waals surface area contributed by atoms with E-state index in [0.29, 0.717) is 11.4 Å². The largest absolute Gasteiger partial charge is 0.397 e. The average Bonchev–Trinajstić information content (AvgIpc) is 3.28. The van der Waals surface area contributed by atoms with Gasteiger partial charge in [-0.05, 0) is 130 Å². The SMILES string of the molecule is N#CC1=CC=CC(c2cccc(-c3cc(-c4cccc(C/C=C\C=C(/N)c5ccccn5)c4)cc(-c4cccc(-c5cccc(-c6ccccn6)n5)c4)c3)c2)N1. The Hall–Kier alpha value is -7.62. The molecule has 4 heterocycles. The van der Waals surface area contributed by atoms with E-state index in [9.17, 15) is 5.26 Å². The minimum atomic E-state index is -0.0952. The lowest BCUT2D eigenvalue weighted by Crippen LogP contribution is -2.20. The van der Waals surface area contributed by atoms with Gasteiger partial charge >= 0.3 is 0 Å². The van der Waals surface area contributed by atoms with E-state index in [2.05, 4.69) is 125 Å². The quantitative estimate of drug-likeness (QED) is 0.136. The van der Waals surface area contributed by atoms with Crippen LogP contribution in [0, 0.1) is 11.3 Å². The average molecular weight is 723 g/mol. The Kier molecular flexibility index (Phi) is 10.5. The monoisotopic (exact) mass is 722 g/mol. The van der Waals surface area contributed by atoms with Gasteiger partial charge in [0.15, 0.2) is 0 Å². The molecule has 1 unspecified atom stereocenters. The first kappa shape index (κ1) is 35.4. The lowest BCUT2D eigenvalue weighted by atomic mass is 9.91. The second kappa shape index (κ2) is 16.6. The fraction of sp³-hybridized carbons (Fsp3) is 0.0400. The van der Waals surface area contributed by atoms with E-state index < -0.39 is 0 Å². The molecule has 4 aromatic carbocycles. The van der Waals surface area contributed by atoms with Gasteiger partial charge in [0.25, 0.3) is 0 Å². The molecule has 0 spiro atoms. The van der Waals surface area contributed by atoms with Crippen molar-refractivity contribution in [1.29, 1.82) is 5.26 Å². The maximum absolute atomic E-state index is 9.53. The highest BCUT2D eigenvalue weighted by Gasteiger charge is 2.15. The summed E-state index contributed by atoms with van der Waals surface area (Å²) in [5.41, 5.74) is 20.6. The molecule has 0 aliphatic carbocycles. The summed E-state index contributed by atoms with van der Waals surface area (Å²) >= 11 is 0. The van der Waals surface area contributed by atoms with Gasteiger partial charge in [-0.15, -0.1) is 0 Å². The third kappa shape index (κ3) is 8.28. The number of dihydropyridines is 1. The molecule has 0 amide bonds. The van der Waals surface area contributed by atoms with Crippen LogP contribution in [0.2, 0.25) is 0 Å². The Bertz CT molecular complexity index is 2670. The topological polar surface area (TPSA) is 101 Å². The Labute approximate surface area is 327 Å². The van der Waals surface area contributed by atoms with Crippen LogP contribution in [-0.2, 0) is 6.42 Å². The summed E-state index contributed by atoms with van der Waals surface area (Å²) in [6, 6.07) is 52.4. The summed E-state index contributed by atoms with van der Waals surface area (Å²) in [4.78, 5) is 13.8. The number of nitrogens with one attached hydrogen (secondary N) is 1. The van der Waals surface area contributed by atoms with Crippen molar-refractivity contribution in [3.05, 3.63) is 217 Å². The molecular formula is C50H38N6. The molecule has 3 N–H and O–H groups in total. The predicted molar refractivity (Wildman–Crippen MR) is 227 cm³/mol. The van der Waals surface area contributed by atoms with Crippen molar-refractivity contribution in [2.24, 2.45) is 5.73 Å². The van der Waals surface area contributed by atoms with Crippen molar-refractivity contribution in [2.45, 2.75) is 12.5 Å². The molecule has 7 aromatic rings. The van der Waals surface area contributed by atoms with E-state index >= 15 is 0 Å². The van der Waals surface area contributed by atoms with Crippen molar-refractivity contribution in [3.63, 3.8) is 0 Å². The van der Waals surface area contributed by atoms with Gasteiger partial charge < -0.3 is 11.1 Å². The molecule has 268 valence electrons. The summed E-state index contributed by atoms with van der Waals surface area (Å²) in [6.45, 7) is 0. The van der Waals surface area contributed by atoms with Gasteiger partial charge in [0, 0.05) is 18.0 Å². The maximum Gasteiger partial charge on any atom is 0.117 e. The number of rotatable bonds is 10. The molecule has 0 fully saturated rings. The molecule has 8 rings (SSSR count). The number of nitrogens with two attached hydrogens (primary N) is 1. The van der Waals surface area contributed by atoms with Gasteiger partial charge in [-0.1, -0.05) is 103 Å². The van der Waals surface area contributed by atoms with Crippen LogP contribution < -0.4 is 11.1 Å². The molecule has 6 nitrogen and oxygen atoms in total. The van der Waals surface area contributed by atoms with Crippen LogP contribution >= 0.6 is 0 Å². The molecule has 56 heavy (non-hydrogen) atoms. The van der Waals surface area contributed by atoms with E-state index in [1.165, 1.54) is 5.56 Å². The lowest BCUT2D eigenvalue weighted by Gasteiger charge is -2.19. The molecule has 1 atom stereocenters. The van der Waals surface area contributed by atoms with Crippen LogP contribution in [-0.4, -0.2) is 15.0 Å². The second-order valence-corrected chi connectivity index (χ2v) is 13.5. The minimum Gasteiger partial charge on any atom is -0.397 e. The first-order valence-electron chi connectivity index (χ1n) is 18.5. The number of hydrogen-bond acceptors (Lipinski definition) is 6. The Morgan fingerprint density at radius 2 is 1.29 bits per heavy atom. The highest BCUT2D eigenvalue weighted by atomic mass is 14.9. The van der Waals surface area contributed by atoms with E-state index in [0.717, 1.165) is 73.7 Å². The highest BCUT2D eigenvalue weighted by Crippen LogP contribution is 2.36. The zero-order valence-corrected chi connectivity index (χ0v) is 30.6. The number of pyridine rings is 3. The molecular weight excluding hydrogens is 685 g/mol. The molecule has 3 aromatic heterocycles. The molecule has 0 radical (unpaired) electrons. The molecule has 0 saturated carbocycles. The molecule has 1 aliphatic rings. The van der Waals surface area contributed by atoms with Crippen LogP contribution in [0.4, 0.5) is 0 Å². The van der Waals surface area contributed by atoms with Gasteiger partial charge in [-0.2, -0.15) is 5.26 Å². The Balaban J connectivity index is 1.16. The highest BCUT2D eigenvalue weighted by molar-refractivity contribution is 5.83. The van der Waals surface area contributed by atoms with Crippen molar-refractivity contribution in [2.75, 3.05) is 0 Å². The van der Waals surface area contributed by atoms with E-state index in [1.807, 2.05) is 72.8 Å². The van der Waals surface area contributed by atoms with E-state index in [1.54, 1.807) is 18.5 Å². The smallest absolute Gasteiger partial charge is 0.117 e. The maximum atomic E-state index is 9.53. The number of nitriles is 1. The first-order valence-corrected chi connectivity index (χ1v) is 18.5. The Morgan fingerprint density at radius 3 is 2.04 bits per heavy atom. The van der Waals surface area contributed by atoms with Crippen molar-refractivity contribution < 1.29 is 0 Å². The zero-order valence-electron chi connectivity index (χ0n) is 30.6. The van der Waals surface area contributed by atoms with Crippen molar-refractivity contribution in [1.82, 2.24) is 20.3 Å². The lowest BCUT2D eigenvalue weighted by molar-refractivity contribution is 0.722. The standard InChI is InChI=1S/C50H38N6/c51-34-44-19-10-23-46(55-44)39-17-8-15-37(29-39)42-31-41(36-14-7-13-35(28-36)12-1-2-20-45(52)48-21-3-5-26-53-48)32-43(33-42)38-16-9-18-40(30-38)47-24-11-25-50(56-47)49-22-4-6-27-54-49/h1-11,13-33,46,55H,12,52H2/b2-1-,45-20-. The fourth-order valence-corrected chi connectivity index (χ4v) is 6.81. The zero-order chi connectivity index (χ0) is 38.1. The number of aromatic nitrogens is 3. The summed E-state index contributed by atoms with van der Waals surface area (Å²) in [7, 11) is 0. The van der Waals surface area contributed by atoms with Gasteiger partial charge in [0.2, 0.25) is 0 Å². The third-order valence-corrected chi connectivity index (χ3v) is 9.66. The molecule has 0 saturated heterocycles. The molecule has 1 aliphatic heterocycles.